The Morgan fingerprint density at radius 1 is 1.37 bits per heavy atom. The third kappa shape index (κ3) is 2.42. The van der Waals surface area contributed by atoms with Crippen molar-refractivity contribution < 1.29 is 4.74 Å². The molecule has 2 aliphatic rings. The van der Waals surface area contributed by atoms with E-state index in [0.717, 1.165) is 26.1 Å². The molecule has 0 saturated carbocycles. The first-order chi connectivity index (χ1) is 9.33. The number of methoxy groups -OCH3 is 1. The number of fused-ring (bicyclic) bond motifs is 1. The summed E-state index contributed by atoms with van der Waals surface area (Å²) in [6.07, 6.45) is 3.86. The summed E-state index contributed by atoms with van der Waals surface area (Å²) in [5.74, 6) is 0.608. The highest BCUT2D eigenvalue weighted by molar-refractivity contribution is 5.38. The van der Waals surface area contributed by atoms with Crippen molar-refractivity contribution in [1.29, 1.82) is 0 Å². The lowest BCUT2D eigenvalue weighted by Crippen LogP contribution is -2.38. The second-order valence-electron chi connectivity index (χ2n) is 5.80. The molecule has 1 aromatic carbocycles. The van der Waals surface area contributed by atoms with Crippen molar-refractivity contribution in [1.82, 2.24) is 4.90 Å². The fraction of sp³-hybridized carbons (Fsp3) is 0.625. The van der Waals surface area contributed by atoms with Crippen molar-refractivity contribution in [2.45, 2.75) is 37.3 Å². The maximum Gasteiger partial charge on any atom is 0.0710 e. The second kappa shape index (κ2) is 5.61. The minimum atomic E-state index is 0.419. The third-order valence-corrected chi connectivity index (χ3v) is 4.80. The molecular weight excluding hydrogens is 236 g/mol. The maximum absolute atomic E-state index is 5.84. The number of nitrogens with two attached hydrogens (primary N) is 1. The topological polar surface area (TPSA) is 38.5 Å². The molecule has 104 valence electrons. The molecule has 0 aromatic heterocycles. The Hall–Kier alpha value is -0.900. The Morgan fingerprint density at radius 3 is 2.95 bits per heavy atom. The quantitative estimate of drug-likeness (QED) is 0.896. The molecule has 1 heterocycles. The summed E-state index contributed by atoms with van der Waals surface area (Å²) in [7, 11) is 1.83. The van der Waals surface area contributed by atoms with Crippen molar-refractivity contribution in [3.8, 4) is 0 Å². The Morgan fingerprint density at radius 2 is 2.21 bits per heavy atom. The van der Waals surface area contributed by atoms with Crippen LogP contribution in [0.15, 0.2) is 24.3 Å². The van der Waals surface area contributed by atoms with Gasteiger partial charge in [-0.05, 0) is 36.9 Å². The van der Waals surface area contributed by atoms with Crippen LogP contribution in [0.25, 0.3) is 0 Å². The zero-order valence-corrected chi connectivity index (χ0v) is 11.7. The van der Waals surface area contributed by atoms with Crippen LogP contribution in [0.4, 0.5) is 0 Å². The van der Waals surface area contributed by atoms with Gasteiger partial charge in [-0.3, -0.25) is 4.90 Å². The lowest BCUT2D eigenvalue weighted by Gasteiger charge is -2.29. The van der Waals surface area contributed by atoms with Crippen LogP contribution in [0.5, 0.6) is 0 Å². The fourth-order valence-electron chi connectivity index (χ4n) is 3.82. The summed E-state index contributed by atoms with van der Waals surface area (Å²) in [5.41, 5.74) is 8.88. The Balaban J connectivity index is 1.79. The van der Waals surface area contributed by atoms with Gasteiger partial charge in [-0.2, -0.15) is 0 Å². The van der Waals surface area contributed by atoms with Gasteiger partial charge in [0, 0.05) is 32.2 Å². The van der Waals surface area contributed by atoms with Crippen molar-refractivity contribution in [3.63, 3.8) is 0 Å². The van der Waals surface area contributed by atoms with Crippen molar-refractivity contribution in [3.05, 3.63) is 35.4 Å². The summed E-state index contributed by atoms with van der Waals surface area (Å²) in [6, 6.07) is 9.51. The van der Waals surface area contributed by atoms with Gasteiger partial charge < -0.3 is 10.5 Å². The van der Waals surface area contributed by atoms with Gasteiger partial charge in [-0.15, -0.1) is 0 Å². The zero-order valence-electron chi connectivity index (χ0n) is 11.7. The van der Waals surface area contributed by atoms with Gasteiger partial charge in [0.15, 0.2) is 0 Å². The van der Waals surface area contributed by atoms with E-state index in [0.29, 0.717) is 18.1 Å². The van der Waals surface area contributed by atoms with E-state index in [1.54, 1.807) is 0 Å². The third-order valence-electron chi connectivity index (χ3n) is 4.80. The molecule has 3 rings (SSSR count). The number of likely N-dealkylation sites (tertiary alicyclic amines) is 1. The van der Waals surface area contributed by atoms with Gasteiger partial charge in [0.2, 0.25) is 0 Å². The highest BCUT2D eigenvalue weighted by atomic mass is 16.5. The number of hydrogen-bond acceptors (Lipinski definition) is 3. The Labute approximate surface area is 115 Å². The van der Waals surface area contributed by atoms with Crippen LogP contribution in [-0.2, 0) is 11.2 Å². The van der Waals surface area contributed by atoms with Crippen molar-refractivity contribution in [2.75, 3.05) is 26.7 Å². The van der Waals surface area contributed by atoms with Crippen LogP contribution in [-0.4, -0.2) is 43.8 Å². The van der Waals surface area contributed by atoms with Crippen LogP contribution >= 0.6 is 0 Å². The van der Waals surface area contributed by atoms with Crippen molar-refractivity contribution in [2.24, 2.45) is 5.73 Å². The smallest absolute Gasteiger partial charge is 0.0710 e. The van der Waals surface area contributed by atoms with Gasteiger partial charge in [0.1, 0.15) is 0 Å². The van der Waals surface area contributed by atoms with Gasteiger partial charge in [0.25, 0.3) is 0 Å². The summed E-state index contributed by atoms with van der Waals surface area (Å²) in [6.45, 7) is 3.02. The average Bonchev–Trinajstić information content (AvgIpc) is 3.04. The maximum atomic E-state index is 5.84. The molecule has 0 radical (unpaired) electrons. The molecular formula is C16H24N2O. The van der Waals surface area contributed by atoms with E-state index in [2.05, 4.69) is 29.2 Å². The molecule has 3 nitrogen and oxygen atoms in total. The van der Waals surface area contributed by atoms with E-state index in [1.807, 2.05) is 7.11 Å². The lowest BCUT2D eigenvalue weighted by atomic mass is 9.94. The molecule has 1 unspecified atom stereocenters. The summed E-state index contributed by atoms with van der Waals surface area (Å²) in [4.78, 5) is 2.62. The zero-order chi connectivity index (χ0) is 13.2. The number of benzene rings is 1. The van der Waals surface area contributed by atoms with E-state index in [9.17, 15) is 0 Å². The van der Waals surface area contributed by atoms with Gasteiger partial charge >= 0.3 is 0 Å². The van der Waals surface area contributed by atoms with Gasteiger partial charge in [-0.25, -0.2) is 0 Å². The molecule has 19 heavy (non-hydrogen) atoms. The predicted molar refractivity (Wildman–Crippen MR) is 77.3 cm³/mol. The largest absolute Gasteiger partial charge is 0.380 e. The monoisotopic (exact) mass is 260 g/mol. The van der Waals surface area contributed by atoms with Gasteiger partial charge in [-0.1, -0.05) is 24.3 Å². The summed E-state index contributed by atoms with van der Waals surface area (Å²) < 4.78 is 5.51. The molecule has 1 aliphatic heterocycles. The minimum absolute atomic E-state index is 0.419. The number of ether oxygens (including phenoxy) is 1. The molecule has 0 bridgehead atoms. The molecule has 2 N–H and O–H groups in total. The molecule has 1 fully saturated rings. The molecule has 0 amide bonds. The van der Waals surface area contributed by atoms with E-state index in [4.69, 9.17) is 10.5 Å². The first kappa shape index (κ1) is 13.1. The molecule has 1 aromatic rings. The highest BCUT2D eigenvalue weighted by Crippen LogP contribution is 2.39. The van der Waals surface area contributed by atoms with Crippen LogP contribution in [0.3, 0.4) is 0 Å². The van der Waals surface area contributed by atoms with Gasteiger partial charge in [0.05, 0.1) is 6.10 Å². The number of rotatable bonds is 4. The second-order valence-corrected chi connectivity index (χ2v) is 5.80. The summed E-state index contributed by atoms with van der Waals surface area (Å²) in [5, 5.41) is 0. The van der Waals surface area contributed by atoms with Crippen LogP contribution in [0, 0.1) is 0 Å². The molecule has 0 spiro atoms. The molecule has 3 atom stereocenters. The fourth-order valence-corrected chi connectivity index (χ4v) is 3.82. The highest BCUT2D eigenvalue weighted by Gasteiger charge is 2.38. The minimum Gasteiger partial charge on any atom is -0.380 e. The van der Waals surface area contributed by atoms with Crippen LogP contribution in [0.1, 0.15) is 29.9 Å². The summed E-state index contributed by atoms with van der Waals surface area (Å²) >= 11 is 0. The number of nitrogens with zero attached hydrogens (tertiary/aromatic N) is 1. The van der Waals surface area contributed by atoms with Crippen LogP contribution < -0.4 is 5.73 Å². The SMILES string of the molecule is CO[C@@H]1CCN([C@@H]2Cc3ccccc3C2CCN)C1. The molecule has 1 aliphatic carbocycles. The van der Waals surface area contributed by atoms with E-state index in [1.165, 1.54) is 24.0 Å². The Bertz CT molecular complexity index is 435. The Kier molecular flexibility index (Phi) is 3.87. The first-order valence-corrected chi connectivity index (χ1v) is 7.38. The lowest BCUT2D eigenvalue weighted by molar-refractivity contribution is 0.0984. The standard InChI is InChI=1S/C16H24N2O/c1-19-13-7-9-18(11-13)16-10-12-4-2-3-5-14(12)15(16)6-8-17/h2-5,13,15-16H,6-11,17H2,1H3/t13-,15?,16-/m1/s1. The number of hydrogen-bond donors (Lipinski definition) is 1. The van der Waals surface area contributed by atoms with E-state index < -0.39 is 0 Å². The van der Waals surface area contributed by atoms with Crippen LogP contribution in [0.2, 0.25) is 0 Å². The average molecular weight is 260 g/mol. The first-order valence-electron chi connectivity index (χ1n) is 7.38. The van der Waals surface area contributed by atoms with E-state index in [-0.39, 0.29) is 0 Å². The van der Waals surface area contributed by atoms with E-state index >= 15 is 0 Å². The van der Waals surface area contributed by atoms with Crippen molar-refractivity contribution >= 4 is 0 Å². The predicted octanol–water partition coefficient (Wildman–Crippen LogP) is 1.76. The molecule has 1 saturated heterocycles. The normalized spacial score (nSPS) is 30.7. The molecule has 3 heteroatoms.